The molecule has 0 heterocycles. The highest BCUT2D eigenvalue weighted by Gasteiger charge is 2.61. The Kier molecular flexibility index (Phi) is 3.53. The van der Waals surface area contributed by atoms with E-state index in [1.54, 1.807) is 22.3 Å². The minimum atomic E-state index is 0.278. The van der Waals surface area contributed by atoms with Crippen molar-refractivity contribution in [3.05, 3.63) is 94.5 Å². The molecule has 4 bridgehead atoms. The summed E-state index contributed by atoms with van der Waals surface area (Å²) in [7, 11) is 0. The molecule has 0 N–H and O–H groups in total. The maximum Gasteiger partial charge on any atom is 0.0274 e. The second kappa shape index (κ2) is 6.10. The molecule has 3 aromatic carbocycles. The van der Waals surface area contributed by atoms with Crippen molar-refractivity contribution in [2.24, 2.45) is 23.7 Å². The van der Waals surface area contributed by atoms with Gasteiger partial charge in [0.2, 0.25) is 0 Å². The van der Waals surface area contributed by atoms with Crippen LogP contribution in [0.3, 0.4) is 0 Å². The van der Waals surface area contributed by atoms with Crippen molar-refractivity contribution in [1.29, 1.82) is 0 Å². The summed E-state index contributed by atoms with van der Waals surface area (Å²) in [5.41, 5.74) is 11.1. The van der Waals surface area contributed by atoms with Crippen LogP contribution in [0.2, 0.25) is 0 Å². The van der Waals surface area contributed by atoms with E-state index in [0.29, 0.717) is 0 Å². The van der Waals surface area contributed by atoms with Gasteiger partial charge in [0.05, 0.1) is 0 Å². The van der Waals surface area contributed by atoms with Gasteiger partial charge >= 0.3 is 0 Å². The van der Waals surface area contributed by atoms with Crippen LogP contribution in [0, 0.1) is 30.6 Å². The summed E-state index contributed by atoms with van der Waals surface area (Å²) in [6, 6.07) is 25.8. The van der Waals surface area contributed by atoms with Gasteiger partial charge in [-0.15, -0.1) is 0 Å². The zero-order valence-electron chi connectivity index (χ0n) is 17.9. The number of hydrogen-bond donors (Lipinski definition) is 0. The Balaban J connectivity index is 1.46. The maximum absolute atomic E-state index is 2.49. The number of fused-ring (bicyclic) bond motifs is 3. The predicted octanol–water partition coefficient (Wildman–Crippen LogP) is 7.31. The minimum Gasteiger partial charge on any atom is -0.0619 e. The van der Waals surface area contributed by atoms with Gasteiger partial charge < -0.3 is 0 Å². The molecule has 0 saturated heterocycles. The van der Waals surface area contributed by atoms with Gasteiger partial charge in [-0.25, -0.2) is 0 Å². The molecule has 0 unspecified atom stereocenters. The van der Waals surface area contributed by atoms with E-state index in [9.17, 15) is 0 Å². The van der Waals surface area contributed by atoms with Crippen LogP contribution in [0.15, 0.2) is 66.7 Å². The van der Waals surface area contributed by atoms with Crippen molar-refractivity contribution in [3.8, 4) is 11.1 Å². The lowest BCUT2D eigenvalue weighted by atomic mass is 9.43. The Bertz CT molecular complexity index is 1100. The molecular formula is C30H30. The van der Waals surface area contributed by atoms with Gasteiger partial charge in [0.25, 0.3) is 0 Å². The first-order valence-corrected chi connectivity index (χ1v) is 12.0. The van der Waals surface area contributed by atoms with Gasteiger partial charge in [-0.3, -0.25) is 0 Å². The molecule has 1 spiro atoms. The summed E-state index contributed by atoms with van der Waals surface area (Å²) in [6.07, 6.45) is 8.41. The Morgan fingerprint density at radius 1 is 0.700 bits per heavy atom. The molecular weight excluding hydrogens is 360 g/mol. The summed E-state index contributed by atoms with van der Waals surface area (Å²) in [4.78, 5) is 0. The molecule has 8 rings (SSSR count). The Labute approximate surface area is 180 Å². The topological polar surface area (TPSA) is 0 Å². The Morgan fingerprint density at radius 2 is 1.37 bits per heavy atom. The summed E-state index contributed by atoms with van der Waals surface area (Å²) in [6.45, 7) is 2.18. The van der Waals surface area contributed by atoms with Gasteiger partial charge in [0, 0.05) is 5.41 Å². The first kappa shape index (κ1) is 17.4. The molecule has 5 aliphatic carbocycles. The highest BCUT2D eigenvalue weighted by molar-refractivity contribution is 5.83. The van der Waals surface area contributed by atoms with E-state index >= 15 is 0 Å². The van der Waals surface area contributed by atoms with E-state index in [0.717, 1.165) is 30.1 Å². The van der Waals surface area contributed by atoms with E-state index < -0.39 is 0 Å². The summed E-state index contributed by atoms with van der Waals surface area (Å²) in [5, 5.41) is 0. The molecule has 0 aliphatic heterocycles. The van der Waals surface area contributed by atoms with Crippen LogP contribution in [0.4, 0.5) is 0 Å². The SMILES string of the molecule is Cc1ccc(Cc2cccc3c2C2(c4ccccc4-3)C3CC4CC(C3)CC2C4)cc1. The molecule has 30 heavy (non-hydrogen) atoms. The monoisotopic (exact) mass is 390 g/mol. The molecule has 4 fully saturated rings. The maximum atomic E-state index is 2.49. The second-order valence-electron chi connectivity index (χ2n) is 10.7. The number of rotatable bonds is 2. The molecule has 5 aliphatic rings. The smallest absolute Gasteiger partial charge is 0.0274 e. The second-order valence-corrected chi connectivity index (χ2v) is 10.7. The molecule has 0 radical (unpaired) electrons. The van der Waals surface area contributed by atoms with E-state index in [4.69, 9.17) is 0 Å². The van der Waals surface area contributed by atoms with Crippen LogP contribution in [0.1, 0.15) is 59.9 Å². The predicted molar refractivity (Wildman–Crippen MR) is 124 cm³/mol. The fraction of sp³-hybridized carbons (Fsp3) is 0.400. The average Bonchev–Trinajstić information content (AvgIpc) is 3.06. The standard InChI is InChI=1S/C30H30/c1-19-9-11-20(12-10-19)14-23-5-4-7-27-26-6-2-3-8-28(26)30(29(23)27)24-15-21-13-22(17-24)18-25(30)16-21/h2-12,21-22,24-25H,13-18H2,1H3. The molecule has 3 aromatic rings. The van der Waals surface area contributed by atoms with Gasteiger partial charge in [-0.05, 0) is 103 Å². The molecule has 0 atom stereocenters. The van der Waals surface area contributed by atoms with Crippen LogP contribution in [-0.2, 0) is 11.8 Å². The van der Waals surface area contributed by atoms with Gasteiger partial charge in [-0.1, -0.05) is 72.3 Å². The van der Waals surface area contributed by atoms with E-state index in [1.165, 1.54) is 48.8 Å². The van der Waals surface area contributed by atoms with Gasteiger partial charge in [-0.2, -0.15) is 0 Å². The summed E-state index contributed by atoms with van der Waals surface area (Å²) >= 11 is 0. The van der Waals surface area contributed by atoms with Crippen molar-refractivity contribution in [2.75, 3.05) is 0 Å². The van der Waals surface area contributed by atoms with Crippen molar-refractivity contribution in [3.63, 3.8) is 0 Å². The van der Waals surface area contributed by atoms with Crippen molar-refractivity contribution in [2.45, 2.75) is 50.9 Å². The molecule has 4 saturated carbocycles. The number of hydrogen-bond acceptors (Lipinski definition) is 0. The third-order valence-electron chi connectivity index (χ3n) is 9.17. The quantitative estimate of drug-likeness (QED) is 0.430. The van der Waals surface area contributed by atoms with Crippen LogP contribution in [0.25, 0.3) is 11.1 Å². The summed E-state index contributed by atoms with van der Waals surface area (Å²) in [5.74, 6) is 3.68. The lowest BCUT2D eigenvalue weighted by molar-refractivity contribution is -0.0402. The Hall–Kier alpha value is -2.34. The molecule has 150 valence electrons. The van der Waals surface area contributed by atoms with Crippen molar-refractivity contribution in [1.82, 2.24) is 0 Å². The number of aryl methyl sites for hydroxylation is 1. The molecule has 0 amide bonds. The van der Waals surface area contributed by atoms with Gasteiger partial charge in [0.15, 0.2) is 0 Å². The highest BCUT2D eigenvalue weighted by atomic mass is 14.6. The normalized spacial score (nSPS) is 32.4. The fourth-order valence-electron chi connectivity index (χ4n) is 8.38. The minimum absolute atomic E-state index is 0.278. The van der Waals surface area contributed by atoms with Gasteiger partial charge in [0.1, 0.15) is 0 Å². The fourth-order valence-corrected chi connectivity index (χ4v) is 8.38. The first-order chi connectivity index (χ1) is 14.7. The van der Waals surface area contributed by atoms with E-state index in [-0.39, 0.29) is 5.41 Å². The number of benzene rings is 3. The van der Waals surface area contributed by atoms with Crippen molar-refractivity contribution >= 4 is 0 Å². The first-order valence-electron chi connectivity index (χ1n) is 12.0. The summed E-state index contributed by atoms with van der Waals surface area (Å²) < 4.78 is 0. The largest absolute Gasteiger partial charge is 0.0619 e. The molecule has 0 nitrogen and oxygen atoms in total. The highest BCUT2D eigenvalue weighted by Crippen LogP contribution is 2.69. The average molecular weight is 391 g/mol. The zero-order chi connectivity index (χ0) is 19.9. The zero-order valence-corrected chi connectivity index (χ0v) is 17.9. The third kappa shape index (κ3) is 2.18. The van der Waals surface area contributed by atoms with Crippen LogP contribution in [0.5, 0.6) is 0 Å². The molecule has 0 aromatic heterocycles. The van der Waals surface area contributed by atoms with E-state index in [2.05, 4.69) is 73.7 Å². The van der Waals surface area contributed by atoms with E-state index in [1.807, 2.05) is 0 Å². The lowest BCUT2D eigenvalue weighted by Gasteiger charge is -2.61. The van der Waals surface area contributed by atoms with Crippen LogP contribution < -0.4 is 0 Å². The third-order valence-corrected chi connectivity index (χ3v) is 9.17. The van der Waals surface area contributed by atoms with Crippen molar-refractivity contribution < 1.29 is 0 Å². The van der Waals surface area contributed by atoms with Crippen LogP contribution in [-0.4, -0.2) is 0 Å². The van der Waals surface area contributed by atoms with Crippen LogP contribution >= 0.6 is 0 Å². The molecule has 0 heteroatoms. The lowest BCUT2D eigenvalue weighted by Crippen LogP contribution is -2.55. The Morgan fingerprint density at radius 3 is 2.10 bits per heavy atom.